The van der Waals surface area contributed by atoms with Crippen LogP contribution in [0.1, 0.15) is 18.5 Å². The van der Waals surface area contributed by atoms with Crippen LogP contribution in [0.25, 0.3) is 5.52 Å². The molecule has 1 aliphatic carbocycles. The summed E-state index contributed by atoms with van der Waals surface area (Å²) < 4.78 is 28.0. The molecule has 0 bridgehead atoms. The number of rotatable bonds is 4. The molecule has 118 valence electrons. The monoisotopic (exact) mass is 320 g/mol. The minimum absolute atomic E-state index is 0.0995. The van der Waals surface area contributed by atoms with Gasteiger partial charge in [-0.3, -0.25) is 4.90 Å². The highest BCUT2D eigenvalue weighted by Gasteiger charge is 2.40. The van der Waals surface area contributed by atoms with Crippen LogP contribution in [0, 0.1) is 0 Å². The molecule has 7 heteroatoms. The van der Waals surface area contributed by atoms with Gasteiger partial charge in [-0.15, -0.1) is 0 Å². The van der Waals surface area contributed by atoms with Crippen molar-refractivity contribution in [3.8, 4) is 0 Å². The van der Waals surface area contributed by atoms with E-state index in [2.05, 4.69) is 16.1 Å². The van der Waals surface area contributed by atoms with Gasteiger partial charge in [0.1, 0.15) is 0 Å². The highest BCUT2D eigenvalue weighted by molar-refractivity contribution is 7.90. The first-order valence-electron chi connectivity index (χ1n) is 7.77. The summed E-state index contributed by atoms with van der Waals surface area (Å²) in [6.07, 6.45) is 3.62. The zero-order valence-electron chi connectivity index (χ0n) is 12.4. The standard InChI is InChI=1S/C15H20N4O2S/c20-22(21,15-4-5-15)18-9-7-17(8-10-18)12-13-11-14-3-1-2-6-19(14)16-13/h1-3,6,11,15H,4-5,7-10,12H2. The quantitative estimate of drug-likeness (QED) is 0.841. The summed E-state index contributed by atoms with van der Waals surface area (Å²) in [5, 5.41) is 4.46. The third-order valence-corrected chi connectivity index (χ3v) is 6.84. The van der Waals surface area contributed by atoms with E-state index in [4.69, 9.17) is 0 Å². The van der Waals surface area contributed by atoms with Crippen molar-refractivity contribution in [3.05, 3.63) is 36.2 Å². The van der Waals surface area contributed by atoms with E-state index in [0.717, 1.165) is 43.7 Å². The predicted octanol–water partition coefficient (Wildman–Crippen LogP) is 0.944. The van der Waals surface area contributed by atoms with Crippen molar-refractivity contribution >= 4 is 15.5 Å². The van der Waals surface area contributed by atoms with Crippen molar-refractivity contribution < 1.29 is 8.42 Å². The highest BCUT2D eigenvalue weighted by Crippen LogP contribution is 2.31. The molecular formula is C15H20N4O2S. The molecule has 3 heterocycles. The molecule has 22 heavy (non-hydrogen) atoms. The molecule has 1 saturated heterocycles. The maximum absolute atomic E-state index is 12.2. The van der Waals surface area contributed by atoms with E-state index >= 15 is 0 Å². The maximum atomic E-state index is 12.2. The van der Waals surface area contributed by atoms with E-state index in [0.29, 0.717) is 13.1 Å². The molecule has 0 radical (unpaired) electrons. The van der Waals surface area contributed by atoms with Crippen LogP contribution in [0.5, 0.6) is 0 Å². The Morgan fingerprint density at radius 1 is 1.14 bits per heavy atom. The normalized spacial score (nSPS) is 21.5. The van der Waals surface area contributed by atoms with Gasteiger partial charge in [-0.25, -0.2) is 12.9 Å². The van der Waals surface area contributed by atoms with Crippen LogP contribution in [-0.4, -0.2) is 58.7 Å². The highest BCUT2D eigenvalue weighted by atomic mass is 32.2. The number of hydrogen-bond acceptors (Lipinski definition) is 4. The molecule has 2 aromatic rings. The minimum atomic E-state index is -3.02. The van der Waals surface area contributed by atoms with Crippen LogP contribution in [-0.2, 0) is 16.6 Å². The lowest BCUT2D eigenvalue weighted by molar-refractivity contribution is 0.179. The van der Waals surface area contributed by atoms with Crippen LogP contribution < -0.4 is 0 Å². The van der Waals surface area contributed by atoms with Gasteiger partial charge < -0.3 is 0 Å². The summed E-state index contributed by atoms with van der Waals surface area (Å²) in [5.74, 6) is 0. The minimum Gasteiger partial charge on any atom is -0.295 e. The van der Waals surface area contributed by atoms with E-state index in [9.17, 15) is 8.42 Å². The second-order valence-electron chi connectivity index (χ2n) is 6.13. The second kappa shape index (κ2) is 5.33. The number of fused-ring (bicyclic) bond motifs is 1. The van der Waals surface area contributed by atoms with Crippen molar-refractivity contribution in [2.75, 3.05) is 26.2 Å². The van der Waals surface area contributed by atoms with E-state index < -0.39 is 10.0 Å². The van der Waals surface area contributed by atoms with Crippen molar-refractivity contribution in [3.63, 3.8) is 0 Å². The molecule has 0 atom stereocenters. The Balaban J connectivity index is 1.39. The lowest BCUT2D eigenvalue weighted by Gasteiger charge is -2.33. The molecule has 2 fully saturated rings. The van der Waals surface area contributed by atoms with Crippen LogP contribution in [0.15, 0.2) is 30.5 Å². The first-order valence-corrected chi connectivity index (χ1v) is 9.28. The van der Waals surface area contributed by atoms with Crippen molar-refractivity contribution in [2.24, 2.45) is 0 Å². The van der Waals surface area contributed by atoms with Crippen LogP contribution >= 0.6 is 0 Å². The number of nitrogens with zero attached hydrogens (tertiary/aromatic N) is 4. The number of sulfonamides is 1. The average molecular weight is 320 g/mol. The van der Waals surface area contributed by atoms with Crippen molar-refractivity contribution in [1.29, 1.82) is 0 Å². The molecule has 0 unspecified atom stereocenters. The second-order valence-corrected chi connectivity index (χ2v) is 8.34. The molecule has 0 aromatic carbocycles. The lowest BCUT2D eigenvalue weighted by Crippen LogP contribution is -2.49. The third kappa shape index (κ3) is 2.64. The third-order valence-electron chi connectivity index (χ3n) is 4.44. The topological polar surface area (TPSA) is 57.9 Å². The first-order chi connectivity index (χ1) is 10.6. The van der Waals surface area contributed by atoms with Gasteiger partial charge in [0.2, 0.25) is 10.0 Å². The summed E-state index contributed by atoms with van der Waals surface area (Å²) in [6, 6.07) is 8.09. The predicted molar refractivity (Wildman–Crippen MR) is 84.0 cm³/mol. The molecule has 1 aliphatic heterocycles. The Morgan fingerprint density at radius 2 is 1.91 bits per heavy atom. The summed E-state index contributed by atoms with van der Waals surface area (Å²) in [7, 11) is -3.02. The van der Waals surface area contributed by atoms with Gasteiger partial charge >= 0.3 is 0 Å². The van der Waals surface area contributed by atoms with E-state index in [-0.39, 0.29) is 5.25 Å². The summed E-state index contributed by atoms with van der Waals surface area (Å²) >= 11 is 0. The SMILES string of the molecule is O=S(=O)(C1CC1)N1CCN(Cc2cc3ccccn3n2)CC1. The maximum Gasteiger partial charge on any atom is 0.217 e. The van der Waals surface area contributed by atoms with Crippen LogP contribution in [0.3, 0.4) is 0 Å². The molecule has 1 saturated carbocycles. The zero-order valence-corrected chi connectivity index (χ0v) is 13.2. The number of pyridine rings is 1. The van der Waals surface area contributed by atoms with Crippen molar-refractivity contribution in [2.45, 2.75) is 24.6 Å². The van der Waals surface area contributed by atoms with E-state index in [1.807, 2.05) is 28.9 Å². The molecule has 0 amide bonds. The Morgan fingerprint density at radius 3 is 2.59 bits per heavy atom. The largest absolute Gasteiger partial charge is 0.295 e. The van der Waals surface area contributed by atoms with Crippen LogP contribution in [0.4, 0.5) is 0 Å². The zero-order chi connectivity index (χ0) is 15.2. The Kier molecular flexibility index (Phi) is 3.43. The number of aromatic nitrogens is 2. The molecule has 0 spiro atoms. The Hall–Kier alpha value is -1.44. The van der Waals surface area contributed by atoms with Gasteiger partial charge in [0, 0.05) is 38.9 Å². The fourth-order valence-electron chi connectivity index (χ4n) is 3.02. The van der Waals surface area contributed by atoms with E-state index in [1.54, 1.807) is 4.31 Å². The summed E-state index contributed by atoms with van der Waals surface area (Å²) in [6.45, 7) is 3.54. The summed E-state index contributed by atoms with van der Waals surface area (Å²) in [4.78, 5) is 2.28. The lowest BCUT2D eigenvalue weighted by atomic mass is 10.3. The number of piperazine rings is 1. The van der Waals surface area contributed by atoms with Gasteiger partial charge in [0.05, 0.1) is 16.5 Å². The summed E-state index contributed by atoms with van der Waals surface area (Å²) in [5.41, 5.74) is 2.12. The smallest absolute Gasteiger partial charge is 0.217 e. The Bertz CT molecular complexity index is 741. The van der Waals surface area contributed by atoms with Gasteiger partial charge in [-0.1, -0.05) is 6.07 Å². The molecule has 0 N–H and O–H groups in total. The molecule has 2 aromatic heterocycles. The average Bonchev–Trinajstić information content (AvgIpc) is 3.29. The fourth-order valence-corrected chi connectivity index (χ4v) is 4.84. The van der Waals surface area contributed by atoms with Gasteiger partial charge in [0.25, 0.3) is 0 Å². The molecule has 4 rings (SSSR count). The Labute approximate surface area is 130 Å². The molecule has 6 nitrogen and oxygen atoms in total. The van der Waals surface area contributed by atoms with Gasteiger partial charge in [-0.2, -0.15) is 9.40 Å². The fraction of sp³-hybridized carbons (Fsp3) is 0.533. The first kappa shape index (κ1) is 14.2. The van der Waals surface area contributed by atoms with Gasteiger partial charge in [-0.05, 0) is 31.0 Å². The van der Waals surface area contributed by atoms with Crippen LogP contribution in [0.2, 0.25) is 0 Å². The van der Waals surface area contributed by atoms with Crippen molar-refractivity contribution in [1.82, 2.24) is 18.8 Å². The van der Waals surface area contributed by atoms with E-state index in [1.165, 1.54) is 0 Å². The molecular weight excluding hydrogens is 300 g/mol. The van der Waals surface area contributed by atoms with Gasteiger partial charge in [0.15, 0.2) is 0 Å². The molecule has 2 aliphatic rings. The number of hydrogen-bond donors (Lipinski definition) is 0.